The van der Waals surface area contributed by atoms with Gasteiger partial charge in [-0.1, -0.05) is 30.3 Å². The van der Waals surface area contributed by atoms with Crippen molar-refractivity contribution in [1.82, 2.24) is 4.57 Å². The number of rotatable bonds is 4. The van der Waals surface area contributed by atoms with Gasteiger partial charge in [-0.2, -0.15) is 0 Å². The van der Waals surface area contributed by atoms with Crippen molar-refractivity contribution in [3.8, 4) is 5.75 Å². The lowest BCUT2D eigenvalue weighted by atomic mass is 10.2. The molecule has 3 aromatic rings. The number of para-hydroxylation sites is 1. The molecule has 0 amide bonds. The van der Waals surface area contributed by atoms with Gasteiger partial charge >= 0.3 is 0 Å². The number of benzene rings is 2. The Kier molecular flexibility index (Phi) is 3.70. The molecular weight excluding hydrogens is 258 g/mol. The molecule has 0 bridgehead atoms. The topological polar surface area (TPSA) is 14.2 Å². The Bertz CT molecular complexity index is 741. The van der Waals surface area contributed by atoms with E-state index in [2.05, 4.69) is 49.6 Å². The van der Waals surface area contributed by atoms with Crippen LogP contribution in [0.5, 0.6) is 5.75 Å². The van der Waals surface area contributed by atoms with Crippen LogP contribution in [0.25, 0.3) is 10.9 Å². The highest BCUT2D eigenvalue weighted by Crippen LogP contribution is 2.26. The van der Waals surface area contributed by atoms with Gasteiger partial charge in [-0.15, -0.1) is 0 Å². The minimum atomic E-state index is 0.415. The van der Waals surface area contributed by atoms with Crippen LogP contribution in [0.2, 0.25) is 0 Å². The summed E-state index contributed by atoms with van der Waals surface area (Å²) in [6, 6.07) is 19.2. The van der Waals surface area contributed by atoms with Crippen molar-refractivity contribution in [2.24, 2.45) is 0 Å². The Hall–Kier alpha value is -2.22. The van der Waals surface area contributed by atoms with Crippen molar-refractivity contribution in [2.75, 3.05) is 0 Å². The van der Waals surface area contributed by atoms with Gasteiger partial charge in [0.2, 0.25) is 0 Å². The molecule has 0 aliphatic carbocycles. The summed E-state index contributed by atoms with van der Waals surface area (Å²) in [6.45, 7) is 7.16. The second kappa shape index (κ2) is 5.65. The molecule has 0 radical (unpaired) electrons. The zero-order valence-electron chi connectivity index (χ0n) is 12.8. The summed E-state index contributed by atoms with van der Waals surface area (Å²) < 4.78 is 8.29. The molecule has 0 aliphatic heterocycles. The second-order valence-corrected chi connectivity index (χ2v) is 5.76. The third-order valence-electron chi connectivity index (χ3n) is 3.72. The molecule has 0 unspecified atom stereocenters. The van der Waals surface area contributed by atoms with E-state index in [1.807, 2.05) is 30.3 Å². The fourth-order valence-corrected chi connectivity index (χ4v) is 2.78. The highest BCUT2D eigenvalue weighted by Gasteiger charge is 2.12. The van der Waals surface area contributed by atoms with Crippen molar-refractivity contribution in [3.05, 3.63) is 65.9 Å². The lowest BCUT2D eigenvalue weighted by Crippen LogP contribution is -2.08. The largest absolute Gasteiger partial charge is 0.487 e. The van der Waals surface area contributed by atoms with Gasteiger partial charge in [0.1, 0.15) is 12.4 Å². The molecular formula is C19H21NO. The Balaban J connectivity index is 1.96. The van der Waals surface area contributed by atoms with Gasteiger partial charge in [0.25, 0.3) is 0 Å². The maximum Gasteiger partial charge on any atom is 0.128 e. The summed E-state index contributed by atoms with van der Waals surface area (Å²) in [5.41, 5.74) is 3.80. The number of fused-ring (bicyclic) bond motifs is 1. The summed E-state index contributed by atoms with van der Waals surface area (Å²) in [5, 5.41) is 1.28. The average Bonchev–Trinajstić information content (AvgIpc) is 2.84. The quantitative estimate of drug-likeness (QED) is 0.647. The normalized spacial score (nSPS) is 11.2. The van der Waals surface area contributed by atoms with Crippen molar-refractivity contribution >= 4 is 10.9 Å². The number of nitrogens with zero attached hydrogens (tertiary/aromatic N) is 1. The van der Waals surface area contributed by atoms with E-state index in [4.69, 9.17) is 4.74 Å². The van der Waals surface area contributed by atoms with Gasteiger partial charge in [0, 0.05) is 16.9 Å². The molecule has 0 atom stereocenters. The van der Waals surface area contributed by atoms with Crippen molar-refractivity contribution < 1.29 is 4.74 Å². The molecule has 2 nitrogen and oxygen atoms in total. The van der Waals surface area contributed by atoms with Crippen LogP contribution in [0, 0.1) is 6.92 Å². The van der Waals surface area contributed by atoms with E-state index >= 15 is 0 Å². The summed E-state index contributed by atoms with van der Waals surface area (Å²) in [4.78, 5) is 0. The zero-order valence-corrected chi connectivity index (χ0v) is 12.8. The van der Waals surface area contributed by atoms with E-state index in [-0.39, 0.29) is 0 Å². The first-order chi connectivity index (χ1) is 10.1. The summed E-state index contributed by atoms with van der Waals surface area (Å²) in [6.07, 6.45) is 0. The first-order valence-corrected chi connectivity index (χ1v) is 7.43. The van der Waals surface area contributed by atoms with E-state index in [0.717, 1.165) is 5.75 Å². The molecule has 108 valence electrons. The van der Waals surface area contributed by atoms with E-state index < -0.39 is 0 Å². The van der Waals surface area contributed by atoms with Crippen LogP contribution in [-0.4, -0.2) is 4.57 Å². The Morgan fingerprint density at radius 1 is 1.00 bits per heavy atom. The van der Waals surface area contributed by atoms with Crippen LogP contribution in [-0.2, 0) is 6.61 Å². The van der Waals surface area contributed by atoms with Gasteiger partial charge in [-0.25, -0.2) is 0 Å². The zero-order chi connectivity index (χ0) is 14.8. The van der Waals surface area contributed by atoms with Crippen molar-refractivity contribution in [1.29, 1.82) is 0 Å². The maximum absolute atomic E-state index is 5.92. The first-order valence-electron chi connectivity index (χ1n) is 7.43. The molecule has 0 saturated carbocycles. The Labute approximate surface area is 126 Å². The van der Waals surface area contributed by atoms with Gasteiger partial charge in [-0.05, 0) is 50.6 Å². The van der Waals surface area contributed by atoms with E-state index in [9.17, 15) is 0 Å². The molecule has 0 spiro atoms. The summed E-state index contributed by atoms with van der Waals surface area (Å²) in [7, 11) is 0. The lowest BCUT2D eigenvalue weighted by molar-refractivity contribution is 0.293. The smallest absolute Gasteiger partial charge is 0.128 e. The highest BCUT2D eigenvalue weighted by molar-refractivity contribution is 5.82. The van der Waals surface area contributed by atoms with Gasteiger partial charge in [0.15, 0.2) is 0 Å². The number of aryl methyl sites for hydroxylation is 1. The average molecular weight is 279 g/mol. The monoisotopic (exact) mass is 279 g/mol. The fraction of sp³-hybridized carbons (Fsp3) is 0.263. The van der Waals surface area contributed by atoms with Gasteiger partial charge < -0.3 is 9.30 Å². The lowest BCUT2D eigenvalue weighted by Gasteiger charge is -2.15. The van der Waals surface area contributed by atoms with Crippen molar-refractivity contribution in [2.45, 2.75) is 33.4 Å². The van der Waals surface area contributed by atoms with Crippen LogP contribution in [0.1, 0.15) is 31.1 Å². The predicted molar refractivity (Wildman–Crippen MR) is 87.8 cm³/mol. The molecule has 21 heavy (non-hydrogen) atoms. The van der Waals surface area contributed by atoms with E-state index in [1.165, 1.54) is 22.2 Å². The van der Waals surface area contributed by atoms with Crippen LogP contribution < -0.4 is 4.74 Å². The van der Waals surface area contributed by atoms with Crippen LogP contribution in [0.15, 0.2) is 54.6 Å². The van der Waals surface area contributed by atoms with Crippen LogP contribution >= 0.6 is 0 Å². The maximum atomic E-state index is 5.92. The van der Waals surface area contributed by atoms with E-state index in [1.54, 1.807) is 0 Å². The summed E-state index contributed by atoms with van der Waals surface area (Å²) >= 11 is 0. The third-order valence-corrected chi connectivity index (χ3v) is 3.72. The number of aromatic nitrogens is 1. The number of ether oxygens (including phenoxy) is 1. The number of hydrogen-bond donors (Lipinski definition) is 0. The Morgan fingerprint density at radius 2 is 1.76 bits per heavy atom. The second-order valence-electron chi connectivity index (χ2n) is 5.76. The first kappa shape index (κ1) is 13.7. The van der Waals surface area contributed by atoms with Crippen LogP contribution in [0.3, 0.4) is 0 Å². The van der Waals surface area contributed by atoms with E-state index in [0.29, 0.717) is 12.6 Å². The molecule has 0 saturated heterocycles. The SMILES string of the molecule is Cc1ccc2cc(COc3ccccc3)n(C(C)C)c2c1. The Morgan fingerprint density at radius 3 is 2.48 bits per heavy atom. The third kappa shape index (κ3) is 2.80. The minimum Gasteiger partial charge on any atom is -0.487 e. The molecule has 2 heteroatoms. The molecule has 1 aromatic heterocycles. The number of hydrogen-bond acceptors (Lipinski definition) is 1. The molecule has 2 aromatic carbocycles. The standard InChI is InChI=1S/C19H21NO/c1-14(2)20-17(13-21-18-7-5-4-6-8-18)12-16-10-9-15(3)11-19(16)20/h4-12,14H,13H2,1-3H3. The highest BCUT2D eigenvalue weighted by atomic mass is 16.5. The van der Waals surface area contributed by atoms with Gasteiger partial charge in [-0.3, -0.25) is 0 Å². The summed E-state index contributed by atoms with van der Waals surface area (Å²) in [5.74, 6) is 0.911. The molecule has 0 aliphatic rings. The van der Waals surface area contributed by atoms with Crippen molar-refractivity contribution in [3.63, 3.8) is 0 Å². The fourth-order valence-electron chi connectivity index (χ4n) is 2.78. The minimum absolute atomic E-state index is 0.415. The van der Waals surface area contributed by atoms with Gasteiger partial charge in [0.05, 0.1) is 5.69 Å². The van der Waals surface area contributed by atoms with Crippen LogP contribution in [0.4, 0.5) is 0 Å². The molecule has 3 rings (SSSR count). The predicted octanol–water partition coefficient (Wildman–Crippen LogP) is 5.11. The molecule has 0 fully saturated rings. The molecule has 1 heterocycles. The molecule has 0 N–H and O–H groups in total.